The van der Waals surface area contributed by atoms with Crippen LogP contribution in [0.15, 0.2) is 70.9 Å². The number of carbonyl (C=O) groups excluding carboxylic acids is 2. The maximum atomic E-state index is 10.8. The molecule has 0 unspecified atom stereocenters. The van der Waals surface area contributed by atoms with Crippen LogP contribution in [0.4, 0.5) is 11.4 Å². The van der Waals surface area contributed by atoms with Crippen molar-refractivity contribution in [3.8, 4) is 11.5 Å². The van der Waals surface area contributed by atoms with E-state index in [2.05, 4.69) is 10.2 Å². The van der Waals surface area contributed by atoms with Gasteiger partial charge in [0.15, 0.2) is 0 Å². The van der Waals surface area contributed by atoms with Gasteiger partial charge in [0, 0.05) is 10.8 Å². The summed E-state index contributed by atoms with van der Waals surface area (Å²) in [6.07, 6.45) is 0. The standard InChI is InChI=1S/2C11H8N2O3.Ca/c2*12-13-10-7-4-2-1-3-6(7)5-8(14)9(10)11(15)16;/h2*1-5,12,14H,(H,15,16);/q;;+2/p-2. The number of aromatic hydroxyl groups is 2. The Kier molecular flexibility index (Phi) is 8.41. The molecule has 0 aliphatic carbocycles. The van der Waals surface area contributed by atoms with Crippen LogP contribution in [-0.2, 0) is 0 Å². The second-order valence-electron chi connectivity index (χ2n) is 6.48. The molecule has 4 N–H and O–H groups in total. The van der Waals surface area contributed by atoms with Gasteiger partial charge in [-0.25, -0.2) is 11.1 Å². The van der Waals surface area contributed by atoms with E-state index in [1.807, 2.05) is 0 Å². The average Bonchev–Trinajstić information content (AvgIpc) is 2.77. The summed E-state index contributed by atoms with van der Waals surface area (Å²) < 4.78 is 0. The first-order chi connectivity index (χ1) is 15.3. The fourth-order valence-electron chi connectivity index (χ4n) is 3.26. The van der Waals surface area contributed by atoms with Crippen molar-refractivity contribution in [1.82, 2.24) is 0 Å². The van der Waals surface area contributed by atoms with Crippen LogP contribution >= 0.6 is 0 Å². The number of phenols is 2. The van der Waals surface area contributed by atoms with E-state index >= 15 is 0 Å². The molecule has 0 saturated carbocycles. The van der Waals surface area contributed by atoms with Gasteiger partial charge in [0.25, 0.3) is 0 Å². The SMILES string of the molecule is N=Nc1c(C(=O)[O-])c(O)cc2ccccc12.N=Nc1c(C(=O)[O-])c(O)cc2ccccc12.[Ca+2]. The molecule has 11 heteroatoms. The van der Waals surface area contributed by atoms with Gasteiger partial charge in [-0.1, -0.05) is 48.5 Å². The number of fused-ring (bicyclic) bond motifs is 2. The second-order valence-corrected chi connectivity index (χ2v) is 6.48. The Hall–Kier alpha value is -3.60. The topological polar surface area (TPSA) is 193 Å². The minimum atomic E-state index is -1.55. The van der Waals surface area contributed by atoms with Gasteiger partial charge in [-0.3, -0.25) is 0 Å². The molecule has 0 amide bonds. The number of carboxylic acids is 2. The van der Waals surface area contributed by atoms with E-state index < -0.39 is 34.6 Å². The molecule has 0 aliphatic heterocycles. The van der Waals surface area contributed by atoms with Crippen LogP contribution in [0, 0.1) is 11.1 Å². The van der Waals surface area contributed by atoms with E-state index in [1.54, 1.807) is 48.5 Å². The van der Waals surface area contributed by atoms with Crippen LogP contribution in [0.25, 0.3) is 21.5 Å². The van der Waals surface area contributed by atoms with Gasteiger partial charge < -0.3 is 30.0 Å². The number of rotatable bonds is 4. The summed E-state index contributed by atoms with van der Waals surface area (Å²) in [7, 11) is 0. The Bertz CT molecular complexity index is 1300. The average molecular weight is 470 g/mol. The molecule has 0 atom stereocenters. The molecule has 33 heavy (non-hydrogen) atoms. The fourth-order valence-corrected chi connectivity index (χ4v) is 3.26. The minimum absolute atomic E-state index is 0. The number of nitrogens with zero attached hydrogens (tertiary/aromatic N) is 2. The molecule has 10 nitrogen and oxygen atoms in total. The Morgan fingerprint density at radius 3 is 1.33 bits per heavy atom. The Morgan fingerprint density at radius 2 is 1.03 bits per heavy atom. The van der Waals surface area contributed by atoms with Crippen molar-refractivity contribution in [3.05, 3.63) is 71.8 Å². The van der Waals surface area contributed by atoms with Crippen molar-refractivity contribution in [2.75, 3.05) is 0 Å². The predicted octanol–water partition coefficient (Wildman–Crippen LogP) is 2.76. The molecule has 0 fully saturated rings. The molecule has 4 rings (SSSR count). The van der Waals surface area contributed by atoms with Crippen LogP contribution in [0.3, 0.4) is 0 Å². The largest absolute Gasteiger partial charge is 2.00 e. The summed E-state index contributed by atoms with van der Waals surface area (Å²) in [5, 5.41) is 49.2. The first-order valence-electron chi connectivity index (χ1n) is 8.97. The number of carbonyl (C=O) groups is 2. The molecule has 0 bridgehead atoms. The normalized spacial score (nSPS) is 9.94. The molecular weight excluding hydrogens is 456 g/mol. The van der Waals surface area contributed by atoms with Crippen LogP contribution in [0.1, 0.15) is 20.7 Å². The molecule has 4 aromatic rings. The summed E-state index contributed by atoms with van der Waals surface area (Å²) in [5.74, 6) is -3.97. The van der Waals surface area contributed by atoms with E-state index in [4.69, 9.17) is 11.1 Å². The molecule has 160 valence electrons. The quantitative estimate of drug-likeness (QED) is 0.261. The van der Waals surface area contributed by atoms with Crippen molar-refractivity contribution >= 4 is 82.6 Å². The molecule has 0 radical (unpaired) electrons. The predicted molar refractivity (Wildman–Crippen MR) is 115 cm³/mol. The van der Waals surface area contributed by atoms with E-state index in [0.29, 0.717) is 21.5 Å². The van der Waals surface area contributed by atoms with Crippen molar-refractivity contribution in [2.45, 2.75) is 0 Å². The van der Waals surface area contributed by atoms with Gasteiger partial charge in [0.05, 0.1) is 23.1 Å². The van der Waals surface area contributed by atoms with Gasteiger partial charge in [-0.15, -0.1) is 0 Å². The molecule has 0 spiro atoms. The third-order valence-electron chi connectivity index (χ3n) is 4.63. The first kappa shape index (κ1) is 25.7. The smallest absolute Gasteiger partial charge is 0.545 e. The van der Waals surface area contributed by atoms with Gasteiger partial charge >= 0.3 is 37.7 Å². The number of hydrogen-bond donors (Lipinski definition) is 4. The van der Waals surface area contributed by atoms with Crippen molar-refractivity contribution in [1.29, 1.82) is 11.1 Å². The van der Waals surface area contributed by atoms with Crippen LogP contribution < -0.4 is 10.2 Å². The first-order valence-corrected chi connectivity index (χ1v) is 8.97. The van der Waals surface area contributed by atoms with Gasteiger partial charge in [-0.2, -0.15) is 10.2 Å². The van der Waals surface area contributed by atoms with E-state index in [0.717, 1.165) is 0 Å². The molecule has 0 aliphatic rings. The third-order valence-corrected chi connectivity index (χ3v) is 4.63. The second kappa shape index (κ2) is 10.8. The molecule has 0 heterocycles. The Balaban J connectivity index is 0.000000227. The summed E-state index contributed by atoms with van der Waals surface area (Å²) in [6, 6.07) is 16.2. The van der Waals surface area contributed by atoms with Crippen molar-refractivity contribution in [2.24, 2.45) is 10.2 Å². The summed E-state index contributed by atoms with van der Waals surface area (Å²) in [6.45, 7) is 0. The van der Waals surface area contributed by atoms with Crippen LogP contribution in [0.5, 0.6) is 11.5 Å². The molecular formula is C22H14CaN4O6. The van der Waals surface area contributed by atoms with E-state index in [1.165, 1.54) is 12.1 Å². The van der Waals surface area contributed by atoms with Crippen molar-refractivity contribution < 1.29 is 30.0 Å². The third kappa shape index (κ3) is 5.08. The number of hydrogen-bond acceptors (Lipinski definition) is 10. The molecule has 0 aromatic heterocycles. The summed E-state index contributed by atoms with van der Waals surface area (Å²) >= 11 is 0. The fraction of sp³-hybridized carbons (Fsp3) is 0. The molecule has 0 saturated heterocycles. The monoisotopic (exact) mass is 470 g/mol. The van der Waals surface area contributed by atoms with E-state index in [-0.39, 0.29) is 49.1 Å². The van der Waals surface area contributed by atoms with Crippen LogP contribution in [0.2, 0.25) is 0 Å². The minimum Gasteiger partial charge on any atom is -0.545 e. The molecule has 4 aromatic carbocycles. The maximum absolute atomic E-state index is 10.8. The Morgan fingerprint density at radius 1 is 0.697 bits per heavy atom. The van der Waals surface area contributed by atoms with Gasteiger partial charge in [0.1, 0.15) is 22.9 Å². The zero-order chi connectivity index (χ0) is 23.4. The van der Waals surface area contributed by atoms with Gasteiger partial charge in [0.2, 0.25) is 0 Å². The van der Waals surface area contributed by atoms with Gasteiger partial charge in [-0.05, 0) is 22.9 Å². The Labute approximate surface area is 216 Å². The number of aromatic carboxylic acids is 2. The van der Waals surface area contributed by atoms with E-state index in [9.17, 15) is 30.0 Å². The summed E-state index contributed by atoms with van der Waals surface area (Å²) in [5.41, 5.74) is 12.9. The van der Waals surface area contributed by atoms with Crippen molar-refractivity contribution in [3.63, 3.8) is 0 Å². The zero-order valence-electron chi connectivity index (χ0n) is 16.9. The maximum Gasteiger partial charge on any atom is 2.00 e. The summed E-state index contributed by atoms with van der Waals surface area (Å²) in [4.78, 5) is 21.7. The zero-order valence-corrected chi connectivity index (χ0v) is 19.1. The number of benzene rings is 4. The van der Waals surface area contributed by atoms with Crippen LogP contribution in [-0.4, -0.2) is 59.9 Å². The number of carboxylic acid groups (broad SMARTS) is 2. The number of nitrogens with one attached hydrogen (secondary N) is 2.